The molecule has 0 unspecified atom stereocenters. The zero-order valence-electron chi connectivity index (χ0n) is 11.8. The maximum absolute atomic E-state index is 11.9. The molecule has 8 heteroatoms. The summed E-state index contributed by atoms with van der Waals surface area (Å²) < 4.78 is 10.9. The third kappa shape index (κ3) is 3.50. The first kappa shape index (κ1) is 16.5. The number of aromatic nitrogens is 2. The second-order valence-electron chi connectivity index (χ2n) is 4.11. The van der Waals surface area contributed by atoms with Gasteiger partial charge in [0.25, 0.3) is 5.56 Å². The summed E-state index contributed by atoms with van der Waals surface area (Å²) >= 11 is 4.69. The van der Waals surface area contributed by atoms with E-state index in [1.165, 1.54) is 18.9 Å². The number of nitrogens with zero attached hydrogens (tertiary/aromatic N) is 2. The first-order valence-electron chi connectivity index (χ1n) is 6.10. The molecule has 2 rings (SSSR count). The number of H-pyrrole nitrogens is 1. The molecule has 0 aliphatic heterocycles. The zero-order chi connectivity index (χ0) is 16.1. The predicted molar refractivity (Wildman–Crippen MR) is 87.0 cm³/mol. The van der Waals surface area contributed by atoms with Crippen LogP contribution >= 0.6 is 27.7 Å². The van der Waals surface area contributed by atoms with Crippen LogP contribution in [0, 0.1) is 11.3 Å². The minimum absolute atomic E-state index is 0.0183. The summed E-state index contributed by atoms with van der Waals surface area (Å²) in [5.41, 5.74) is 0.520. The van der Waals surface area contributed by atoms with Gasteiger partial charge >= 0.3 is 0 Å². The summed E-state index contributed by atoms with van der Waals surface area (Å²) in [6.07, 6.45) is 1.80. The number of nitriles is 1. The number of methoxy groups -OCH3 is 1. The highest BCUT2D eigenvalue weighted by atomic mass is 79.9. The standard InChI is InChI=1S/C14H12BrN3O3S/c1-20-7-21-11-4-3-8(5-10(11)15)12-9(6-16)13(19)18-14(17-12)22-2/h3-5H,7H2,1-2H3,(H,17,18,19). The summed E-state index contributed by atoms with van der Waals surface area (Å²) in [4.78, 5) is 18.8. The van der Waals surface area contributed by atoms with E-state index < -0.39 is 5.56 Å². The van der Waals surface area contributed by atoms with Crippen LogP contribution in [-0.2, 0) is 4.74 Å². The molecule has 2 aromatic rings. The second-order valence-corrected chi connectivity index (χ2v) is 5.76. The van der Waals surface area contributed by atoms with Gasteiger partial charge in [-0.05, 0) is 40.4 Å². The van der Waals surface area contributed by atoms with Gasteiger partial charge in [0, 0.05) is 12.7 Å². The fourth-order valence-corrected chi connectivity index (χ4v) is 2.62. The van der Waals surface area contributed by atoms with Gasteiger partial charge in [0.15, 0.2) is 11.9 Å². The number of hydrogen-bond acceptors (Lipinski definition) is 6. The summed E-state index contributed by atoms with van der Waals surface area (Å²) in [6.45, 7) is 0.126. The van der Waals surface area contributed by atoms with Gasteiger partial charge in [0.1, 0.15) is 17.4 Å². The lowest BCUT2D eigenvalue weighted by Crippen LogP contribution is -2.14. The molecule has 0 radical (unpaired) electrons. The molecule has 0 spiro atoms. The number of hydrogen-bond donors (Lipinski definition) is 1. The second kappa shape index (κ2) is 7.45. The normalized spacial score (nSPS) is 10.3. The topological polar surface area (TPSA) is 88.0 Å². The Balaban J connectivity index is 2.52. The fraction of sp³-hybridized carbons (Fsp3) is 0.214. The van der Waals surface area contributed by atoms with Crippen molar-refractivity contribution in [1.29, 1.82) is 5.26 Å². The van der Waals surface area contributed by atoms with E-state index in [4.69, 9.17) is 9.47 Å². The Hall–Kier alpha value is -1.82. The predicted octanol–water partition coefficient (Wildman–Crippen LogP) is 2.78. The number of aromatic amines is 1. The van der Waals surface area contributed by atoms with Gasteiger partial charge in [0.2, 0.25) is 0 Å². The molecule has 1 heterocycles. The Morgan fingerprint density at radius 2 is 2.27 bits per heavy atom. The van der Waals surface area contributed by atoms with E-state index in [0.717, 1.165) is 0 Å². The van der Waals surface area contributed by atoms with Crippen LogP contribution in [0.5, 0.6) is 5.75 Å². The van der Waals surface area contributed by atoms with Crippen LogP contribution in [0.2, 0.25) is 0 Å². The molecule has 0 bridgehead atoms. The van der Waals surface area contributed by atoms with Crippen molar-refractivity contribution in [1.82, 2.24) is 9.97 Å². The number of benzene rings is 1. The quantitative estimate of drug-likeness (QED) is 0.486. The van der Waals surface area contributed by atoms with Crippen LogP contribution in [0.1, 0.15) is 5.56 Å². The van der Waals surface area contributed by atoms with Crippen molar-refractivity contribution in [3.63, 3.8) is 0 Å². The Bertz CT molecular complexity index is 786. The van der Waals surface area contributed by atoms with Gasteiger partial charge in [-0.1, -0.05) is 11.8 Å². The lowest BCUT2D eigenvalue weighted by atomic mass is 10.1. The minimum Gasteiger partial charge on any atom is -0.466 e. The van der Waals surface area contributed by atoms with E-state index in [-0.39, 0.29) is 12.4 Å². The van der Waals surface area contributed by atoms with Gasteiger partial charge in [0.05, 0.1) is 10.2 Å². The van der Waals surface area contributed by atoms with Crippen LogP contribution in [-0.4, -0.2) is 30.1 Å². The highest BCUT2D eigenvalue weighted by Crippen LogP contribution is 2.31. The third-order valence-electron chi connectivity index (χ3n) is 2.74. The van der Waals surface area contributed by atoms with E-state index in [2.05, 4.69) is 25.9 Å². The van der Waals surface area contributed by atoms with E-state index >= 15 is 0 Å². The van der Waals surface area contributed by atoms with E-state index in [9.17, 15) is 10.1 Å². The summed E-state index contributed by atoms with van der Waals surface area (Å²) in [7, 11) is 1.53. The molecule has 1 N–H and O–H groups in total. The van der Waals surface area contributed by atoms with Crippen LogP contribution in [0.25, 0.3) is 11.3 Å². The average Bonchev–Trinajstić information content (AvgIpc) is 2.52. The van der Waals surface area contributed by atoms with Gasteiger partial charge in [-0.15, -0.1) is 0 Å². The Labute approximate surface area is 139 Å². The van der Waals surface area contributed by atoms with Crippen LogP contribution in [0.3, 0.4) is 0 Å². The number of thioether (sulfide) groups is 1. The highest BCUT2D eigenvalue weighted by molar-refractivity contribution is 9.10. The molecule has 0 atom stereocenters. The van der Waals surface area contributed by atoms with Crippen molar-refractivity contribution < 1.29 is 9.47 Å². The first-order valence-corrected chi connectivity index (χ1v) is 8.12. The molecule has 0 saturated carbocycles. The number of halogens is 1. The molecule has 114 valence electrons. The van der Waals surface area contributed by atoms with Crippen molar-refractivity contribution in [2.24, 2.45) is 0 Å². The SMILES string of the molecule is COCOc1ccc(-c2nc(SC)[nH]c(=O)c2C#N)cc1Br. The van der Waals surface area contributed by atoms with E-state index in [1.807, 2.05) is 6.07 Å². The average molecular weight is 382 g/mol. The van der Waals surface area contributed by atoms with Crippen molar-refractivity contribution >= 4 is 27.7 Å². The molecular formula is C14H12BrN3O3S. The third-order valence-corrected chi connectivity index (χ3v) is 3.94. The molecule has 1 aromatic heterocycles. The maximum Gasteiger partial charge on any atom is 0.270 e. The molecule has 0 aliphatic rings. The molecule has 6 nitrogen and oxygen atoms in total. The lowest BCUT2D eigenvalue weighted by molar-refractivity contribution is 0.0506. The first-order chi connectivity index (χ1) is 10.6. The fourth-order valence-electron chi connectivity index (χ4n) is 1.75. The molecule has 22 heavy (non-hydrogen) atoms. The van der Waals surface area contributed by atoms with Crippen molar-refractivity contribution in [3.05, 3.63) is 38.6 Å². The smallest absolute Gasteiger partial charge is 0.270 e. The van der Waals surface area contributed by atoms with E-state index in [1.54, 1.807) is 24.5 Å². The molecule has 0 amide bonds. The molecular weight excluding hydrogens is 370 g/mol. The molecule has 1 aromatic carbocycles. The number of ether oxygens (including phenoxy) is 2. The van der Waals surface area contributed by atoms with Crippen molar-refractivity contribution in [3.8, 4) is 23.1 Å². The lowest BCUT2D eigenvalue weighted by Gasteiger charge is -2.09. The number of nitrogens with one attached hydrogen (secondary N) is 1. The van der Waals surface area contributed by atoms with E-state index in [0.29, 0.717) is 26.6 Å². The largest absolute Gasteiger partial charge is 0.466 e. The zero-order valence-corrected chi connectivity index (χ0v) is 14.2. The van der Waals surface area contributed by atoms with Crippen molar-refractivity contribution in [2.45, 2.75) is 5.16 Å². The molecule has 0 aliphatic carbocycles. The van der Waals surface area contributed by atoms with Gasteiger partial charge in [-0.2, -0.15) is 5.26 Å². The van der Waals surface area contributed by atoms with Crippen LogP contribution in [0.15, 0.2) is 32.6 Å². The van der Waals surface area contributed by atoms with Gasteiger partial charge in [-0.25, -0.2) is 4.98 Å². The monoisotopic (exact) mass is 381 g/mol. The Morgan fingerprint density at radius 3 is 2.86 bits per heavy atom. The van der Waals surface area contributed by atoms with Gasteiger partial charge < -0.3 is 14.5 Å². The summed E-state index contributed by atoms with van der Waals surface area (Å²) in [5.74, 6) is 0.596. The summed E-state index contributed by atoms with van der Waals surface area (Å²) in [5, 5.41) is 9.65. The van der Waals surface area contributed by atoms with Crippen molar-refractivity contribution in [2.75, 3.05) is 20.2 Å². The maximum atomic E-state index is 11.9. The Morgan fingerprint density at radius 1 is 1.50 bits per heavy atom. The Kier molecular flexibility index (Phi) is 5.60. The number of rotatable bonds is 5. The molecule has 0 fully saturated rings. The van der Waals surface area contributed by atoms with Gasteiger partial charge in [-0.3, -0.25) is 4.79 Å². The van der Waals surface area contributed by atoms with Crippen LogP contribution < -0.4 is 10.3 Å². The minimum atomic E-state index is -0.451. The highest BCUT2D eigenvalue weighted by Gasteiger charge is 2.14. The molecule has 0 saturated heterocycles. The summed E-state index contributed by atoms with van der Waals surface area (Å²) in [6, 6.07) is 7.11. The van der Waals surface area contributed by atoms with Crippen LogP contribution in [0.4, 0.5) is 0 Å².